The van der Waals surface area contributed by atoms with E-state index >= 15 is 0 Å². The van der Waals surface area contributed by atoms with Crippen molar-refractivity contribution in [2.24, 2.45) is 0 Å². The van der Waals surface area contributed by atoms with Gasteiger partial charge >= 0.3 is 0 Å². The molecule has 1 saturated heterocycles. The first kappa shape index (κ1) is 20.2. The topological polar surface area (TPSA) is 26.0 Å². The van der Waals surface area contributed by atoms with Crippen molar-refractivity contribution in [2.45, 2.75) is 19.0 Å². The van der Waals surface area contributed by atoms with Gasteiger partial charge in [0.1, 0.15) is 0 Å². The number of hydrogen-bond donors (Lipinski definition) is 0. The molecular formula is C25H23ClN4S. The van der Waals surface area contributed by atoms with Gasteiger partial charge in [0.25, 0.3) is 0 Å². The zero-order valence-corrected chi connectivity index (χ0v) is 18.6. The smallest absolute Gasteiger partial charge is 0.204 e. The van der Waals surface area contributed by atoms with Gasteiger partial charge < -0.3 is 0 Å². The molecule has 4 nitrogen and oxygen atoms in total. The Balaban J connectivity index is 1.47. The van der Waals surface area contributed by atoms with Crippen LogP contribution < -0.4 is 0 Å². The van der Waals surface area contributed by atoms with Gasteiger partial charge in [-0.25, -0.2) is 4.68 Å². The predicted molar refractivity (Wildman–Crippen MR) is 128 cm³/mol. The van der Waals surface area contributed by atoms with E-state index in [9.17, 15) is 0 Å². The number of halogens is 1. The Morgan fingerprint density at radius 3 is 2.29 bits per heavy atom. The SMILES string of the molecule is S=c1n(CN2CC[C@@H](c3ccccc3)C2)nc(-c2ccc(Cl)cc2)n1-c1ccccc1. The van der Waals surface area contributed by atoms with E-state index in [0.29, 0.717) is 22.4 Å². The molecule has 0 spiro atoms. The Morgan fingerprint density at radius 2 is 1.58 bits per heavy atom. The summed E-state index contributed by atoms with van der Waals surface area (Å²) in [5.74, 6) is 1.38. The molecule has 0 unspecified atom stereocenters. The van der Waals surface area contributed by atoms with Crippen molar-refractivity contribution in [3.63, 3.8) is 0 Å². The molecule has 5 rings (SSSR count). The van der Waals surface area contributed by atoms with Crippen LogP contribution in [-0.2, 0) is 6.67 Å². The average molecular weight is 447 g/mol. The molecule has 1 atom stereocenters. The summed E-state index contributed by atoms with van der Waals surface area (Å²) in [5.41, 5.74) is 3.40. The van der Waals surface area contributed by atoms with E-state index in [1.165, 1.54) is 5.56 Å². The Labute approximate surface area is 192 Å². The lowest BCUT2D eigenvalue weighted by atomic mass is 9.99. The third-order valence-corrected chi connectivity index (χ3v) is 6.48. The summed E-state index contributed by atoms with van der Waals surface area (Å²) in [4.78, 5) is 2.43. The van der Waals surface area contributed by atoms with E-state index in [2.05, 4.69) is 47.4 Å². The van der Waals surface area contributed by atoms with Gasteiger partial charge in [-0.2, -0.15) is 0 Å². The van der Waals surface area contributed by atoms with Crippen LogP contribution >= 0.6 is 23.8 Å². The zero-order chi connectivity index (χ0) is 21.2. The first-order chi connectivity index (χ1) is 15.2. The minimum absolute atomic E-state index is 0.558. The molecule has 0 saturated carbocycles. The molecule has 0 amide bonds. The fourth-order valence-electron chi connectivity index (χ4n) is 4.24. The molecule has 1 fully saturated rings. The molecule has 2 heterocycles. The molecule has 6 heteroatoms. The van der Waals surface area contributed by atoms with Gasteiger partial charge in [-0.15, -0.1) is 5.10 Å². The summed E-state index contributed by atoms with van der Waals surface area (Å²) < 4.78 is 4.68. The minimum atomic E-state index is 0.558. The second-order valence-electron chi connectivity index (χ2n) is 7.90. The monoisotopic (exact) mass is 446 g/mol. The number of likely N-dealkylation sites (tertiary alicyclic amines) is 1. The van der Waals surface area contributed by atoms with E-state index in [1.54, 1.807) is 0 Å². The van der Waals surface area contributed by atoms with Gasteiger partial charge in [-0.3, -0.25) is 9.47 Å². The highest BCUT2D eigenvalue weighted by molar-refractivity contribution is 7.71. The molecule has 0 aliphatic carbocycles. The quantitative estimate of drug-likeness (QED) is 0.343. The highest BCUT2D eigenvalue weighted by Crippen LogP contribution is 2.28. The lowest BCUT2D eigenvalue weighted by molar-refractivity contribution is 0.250. The number of nitrogens with zero attached hydrogens (tertiary/aromatic N) is 4. The van der Waals surface area contributed by atoms with E-state index in [4.69, 9.17) is 28.9 Å². The van der Waals surface area contributed by atoms with Crippen LogP contribution in [0.25, 0.3) is 17.1 Å². The Kier molecular flexibility index (Phi) is 5.72. The van der Waals surface area contributed by atoms with Gasteiger partial charge in [0.2, 0.25) is 4.77 Å². The van der Waals surface area contributed by atoms with Crippen molar-refractivity contribution >= 4 is 23.8 Å². The van der Waals surface area contributed by atoms with Crippen LogP contribution in [-0.4, -0.2) is 32.3 Å². The van der Waals surface area contributed by atoms with Crippen molar-refractivity contribution in [1.82, 2.24) is 19.2 Å². The lowest BCUT2D eigenvalue weighted by Gasteiger charge is -2.16. The van der Waals surface area contributed by atoms with Gasteiger partial charge in [0.15, 0.2) is 5.82 Å². The highest BCUT2D eigenvalue weighted by Gasteiger charge is 2.25. The first-order valence-corrected chi connectivity index (χ1v) is 11.3. The van der Waals surface area contributed by atoms with E-state index in [-0.39, 0.29) is 0 Å². The molecule has 0 N–H and O–H groups in total. The van der Waals surface area contributed by atoms with Gasteiger partial charge in [-0.1, -0.05) is 60.1 Å². The molecule has 1 aromatic heterocycles. The Hall–Kier alpha value is -2.73. The third-order valence-electron chi connectivity index (χ3n) is 5.83. The largest absolute Gasteiger partial charge is 0.284 e. The molecule has 1 aliphatic rings. The molecule has 0 radical (unpaired) electrons. The average Bonchev–Trinajstić information content (AvgIpc) is 3.41. The van der Waals surface area contributed by atoms with Crippen molar-refractivity contribution in [2.75, 3.05) is 13.1 Å². The summed E-state index contributed by atoms with van der Waals surface area (Å²) in [6.45, 7) is 2.73. The van der Waals surface area contributed by atoms with Crippen LogP contribution in [0.15, 0.2) is 84.9 Å². The molecule has 4 aromatic rings. The van der Waals surface area contributed by atoms with Crippen LogP contribution in [0, 0.1) is 4.77 Å². The summed E-state index contributed by atoms with van der Waals surface area (Å²) in [5, 5.41) is 5.64. The van der Waals surface area contributed by atoms with Crippen LogP contribution in [0.4, 0.5) is 0 Å². The van der Waals surface area contributed by atoms with E-state index in [1.807, 2.05) is 51.7 Å². The molecular weight excluding hydrogens is 424 g/mol. The normalized spacial score (nSPS) is 16.6. The summed E-state index contributed by atoms with van der Waals surface area (Å²) in [6.07, 6.45) is 1.15. The number of para-hydroxylation sites is 1. The summed E-state index contributed by atoms with van der Waals surface area (Å²) in [6, 6.07) is 28.7. The summed E-state index contributed by atoms with van der Waals surface area (Å²) in [7, 11) is 0. The van der Waals surface area contributed by atoms with Crippen molar-refractivity contribution in [3.8, 4) is 17.1 Å². The number of aromatic nitrogens is 3. The first-order valence-electron chi connectivity index (χ1n) is 10.5. The summed E-state index contributed by atoms with van der Waals surface area (Å²) >= 11 is 12.0. The standard InChI is InChI=1S/C25H23ClN4S/c26-22-13-11-20(12-14-22)24-27-29(25(31)30(24)23-9-5-2-6-10-23)18-28-16-15-21(17-28)19-7-3-1-4-8-19/h1-14,21H,15-18H2/t21-/m1/s1. The van der Waals surface area contributed by atoms with Crippen molar-refractivity contribution < 1.29 is 0 Å². The maximum atomic E-state index is 6.11. The molecule has 3 aromatic carbocycles. The van der Waals surface area contributed by atoms with Crippen molar-refractivity contribution in [1.29, 1.82) is 0 Å². The lowest BCUT2D eigenvalue weighted by Crippen LogP contribution is -2.24. The van der Waals surface area contributed by atoms with Crippen LogP contribution in [0.5, 0.6) is 0 Å². The maximum absolute atomic E-state index is 6.11. The Bertz CT molecular complexity index is 1220. The number of hydrogen-bond acceptors (Lipinski definition) is 3. The minimum Gasteiger partial charge on any atom is -0.284 e. The second kappa shape index (κ2) is 8.79. The Morgan fingerprint density at radius 1 is 0.903 bits per heavy atom. The van der Waals surface area contributed by atoms with Crippen LogP contribution in [0.1, 0.15) is 17.9 Å². The van der Waals surface area contributed by atoms with Gasteiger partial charge in [-0.05, 0) is 66.5 Å². The van der Waals surface area contributed by atoms with E-state index in [0.717, 1.165) is 36.6 Å². The molecule has 31 heavy (non-hydrogen) atoms. The van der Waals surface area contributed by atoms with Crippen molar-refractivity contribution in [3.05, 3.63) is 100 Å². The fraction of sp³-hybridized carbons (Fsp3) is 0.200. The zero-order valence-electron chi connectivity index (χ0n) is 17.1. The molecule has 0 bridgehead atoms. The van der Waals surface area contributed by atoms with Gasteiger partial charge in [0.05, 0.1) is 6.67 Å². The maximum Gasteiger partial charge on any atom is 0.204 e. The molecule has 1 aliphatic heterocycles. The number of rotatable bonds is 5. The predicted octanol–water partition coefficient (Wildman–Crippen LogP) is 6.17. The van der Waals surface area contributed by atoms with Gasteiger partial charge in [0, 0.05) is 29.4 Å². The van der Waals surface area contributed by atoms with Crippen LogP contribution in [0.2, 0.25) is 5.02 Å². The van der Waals surface area contributed by atoms with Crippen LogP contribution in [0.3, 0.4) is 0 Å². The second-order valence-corrected chi connectivity index (χ2v) is 8.70. The molecule has 156 valence electrons. The number of benzene rings is 3. The highest BCUT2D eigenvalue weighted by atomic mass is 35.5. The van der Waals surface area contributed by atoms with E-state index < -0.39 is 0 Å². The fourth-order valence-corrected chi connectivity index (χ4v) is 4.66. The third kappa shape index (κ3) is 4.22.